The molecule has 1 saturated heterocycles. The summed E-state index contributed by atoms with van der Waals surface area (Å²) in [5, 5.41) is 11.6. The molecule has 1 unspecified atom stereocenters. The Bertz CT molecular complexity index is 480. The number of rotatable bonds is 5. The highest BCUT2D eigenvalue weighted by molar-refractivity contribution is 5.75. The first-order valence-corrected chi connectivity index (χ1v) is 6.35. The van der Waals surface area contributed by atoms with E-state index in [1.165, 1.54) is 4.96 Å². The number of ether oxygens (including phenoxy) is 1. The molecule has 2 rings (SSSR count). The Balaban J connectivity index is 1.72. The lowest BCUT2D eigenvalue weighted by Gasteiger charge is -2.15. The van der Waals surface area contributed by atoms with Gasteiger partial charge in [0.1, 0.15) is 5.02 Å². The molecule has 1 N–H and O–H groups in total. The number of carbonyl (C=O) groups is 2. The largest absolute Gasteiger partial charge is 0.481 e. The molecule has 0 amide bonds. The third-order valence-corrected chi connectivity index (χ3v) is 2.98. The number of nitrogens with zero attached hydrogens (tertiary/aromatic N) is 3. The molecule has 0 saturated carbocycles. The van der Waals surface area contributed by atoms with E-state index in [0.717, 1.165) is 5.02 Å². The number of esters is 1. The number of hydrogen-bond acceptors (Lipinski definition) is 6. The smallest absolute Gasteiger partial charge is 0.314 e. The van der Waals surface area contributed by atoms with E-state index in [0.29, 0.717) is 19.5 Å². The van der Waals surface area contributed by atoms with Crippen LogP contribution < -0.4 is 9.85 Å². The molecule has 1 aromatic rings. The molecule has 0 radical (unpaired) electrons. The number of aliphatic carboxylic acids is 1. The lowest BCUT2D eigenvalue weighted by molar-refractivity contribution is -0.168. The zero-order valence-electron chi connectivity index (χ0n) is 11.7. The number of carbonyl (C=O) groups excluding carboxylic acids is 1. The van der Waals surface area contributed by atoms with Gasteiger partial charge in [0.25, 0.3) is 6.79 Å². The molecule has 1 aliphatic heterocycles. The quantitative estimate of drug-likeness (QED) is 0.597. The van der Waals surface area contributed by atoms with Gasteiger partial charge in [-0.2, -0.15) is 4.63 Å². The van der Waals surface area contributed by atoms with Crippen LogP contribution >= 0.6 is 0 Å². The average Bonchev–Trinajstić information content (AvgIpc) is 2.93. The van der Waals surface area contributed by atoms with Crippen molar-refractivity contribution in [1.82, 2.24) is 9.98 Å². The third kappa shape index (κ3) is 3.28. The van der Waals surface area contributed by atoms with Gasteiger partial charge >= 0.3 is 11.9 Å². The number of carboxylic acid groups (broad SMARTS) is 1. The fourth-order valence-corrected chi connectivity index (χ4v) is 1.71. The first-order valence-electron chi connectivity index (χ1n) is 6.35. The molecule has 20 heavy (non-hydrogen) atoms. The number of aromatic nitrogens is 2. The summed E-state index contributed by atoms with van der Waals surface area (Å²) < 4.78 is 9.89. The summed E-state index contributed by atoms with van der Waals surface area (Å²) in [6.07, 6.45) is 0.558. The molecule has 0 aliphatic carbocycles. The van der Waals surface area contributed by atoms with Gasteiger partial charge in [-0.05, 0) is 27.2 Å². The minimum atomic E-state index is -0.819. The predicted molar refractivity (Wildman–Crippen MR) is 65.4 cm³/mol. The molecule has 0 bridgehead atoms. The average molecular weight is 289 g/mol. The van der Waals surface area contributed by atoms with E-state index in [-0.39, 0.29) is 12.8 Å². The second kappa shape index (κ2) is 5.14. The summed E-state index contributed by atoms with van der Waals surface area (Å²) in [7, 11) is 0. The van der Waals surface area contributed by atoms with Crippen molar-refractivity contribution in [1.29, 1.82) is 0 Å². The SMILES string of the molecule is CC(C)(C)C(=O)OCOn1on1N1CCC(C(=O)O)C1. The second-order valence-electron chi connectivity index (χ2n) is 5.74. The fourth-order valence-electron chi connectivity index (χ4n) is 1.71. The van der Waals surface area contributed by atoms with Crippen LogP contribution in [0.2, 0.25) is 0 Å². The number of hydrogen-bond donors (Lipinski definition) is 1. The molecule has 1 aromatic heterocycles. The summed E-state index contributed by atoms with van der Waals surface area (Å²) in [6, 6.07) is 0. The van der Waals surface area contributed by atoms with Crippen molar-refractivity contribution in [3.8, 4) is 0 Å². The summed E-state index contributed by atoms with van der Waals surface area (Å²) in [4.78, 5) is 28.6. The van der Waals surface area contributed by atoms with Gasteiger partial charge in [0.2, 0.25) is 0 Å². The molecule has 2 heterocycles. The van der Waals surface area contributed by atoms with Crippen molar-refractivity contribution in [2.45, 2.75) is 27.2 Å². The minimum absolute atomic E-state index is 0.261. The van der Waals surface area contributed by atoms with Crippen molar-refractivity contribution >= 4 is 11.9 Å². The van der Waals surface area contributed by atoms with E-state index >= 15 is 0 Å². The Morgan fingerprint density at radius 3 is 2.65 bits per heavy atom. The van der Waals surface area contributed by atoms with Crippen molar-refractivity contribution in [3.05, 3.63) is 0 Å². The minimum Gasteiger partial charge on any atom is -0.481 e. The zero-order valence-corrected chi connectivity index (χ0v) is 11.7. The maximum Gasteiger partial charge on any atom is 0.314 e. The maximum atomic E-state index is 11.5. The van der Waals surface area contributed by atoms with Crippen LogP contribution in [0.5, 0.6) is 0 Å². The molecule has 9 heteroatoms. The Labute approximate surface area is 115 Å². The zero-order chi connectivity index (χ0) is 14.9. The number of carboxylic acids is 1. The van der Waals surface area contributed by atoms with Crippen LogP contribution in [0.4, 0.5) is 0 Å². The van der Waals surface area contributed by atoms with E-state index in [9.17, 15) is 9.59 Å². The molecule has 9 nitrogen and oxygen atoms in total. The topological polar surface area (TPSA) is 99.1 Å². The molecule has 0 spiro atoms. The van der Waals surface area contributed by atoms with E-state index in [2.05, 4.69) is 0 Å². The highest BCUT2D eigenvalue weighted by Crippen LogP contribution is 2.17. The van der Waals surface area contributed by atoms with E-state index < -0.39 is 17.3 Å². The Hall–Kier alpha value is -2.06. The van der Waals surface area contributed by atoms with Crippen LogP contribution in [0.1, 0.15) is 27.2 Å². The van der Waals surface area contributed by atoms with Crippen molar-refractivity contribution in [2.24, 2.45) is 11.3 Å². The van der Waals surface area contributed by atoms with E-state index in [4.69, 9.17) is 19.3 Å². The van der Waals surface area contributed by atoms with Crippen LogP contribution in [-0.4, -0.2) is 46.9 Å². The standard InChI is InChI=1S/C11H19N3O6/c1-11(2,3)10(17)18-7-19-14-13(20-14)12-5-4-8(6-12)9(15)16/h8H,4-7H2,1-3H3,(H,15,16). The van der Waals surface area contributed by atoms with Crippen molar-refractivity contribution in [3.63, 3.8) is 0 Å². The van der Waals surface area contributed by atoms with Crippen LogP contribution in [0, 0.1) is 11.3 Å². The van der Waals surface area contributed by atoms with Gasteiger partial charge in [-0.3, -0.25) is 14.6 Å². The second-order valence-corrected chi connectivity index (χ2v) is 5.74. The van der Waals surface area contributed by atoms with Crippen molar-refractivity contribution < 1.29 is 28.9 Å². The van der Waals surface area contributed by atoms with Crippen LogP contribution in [0.25, 0.3) is 0 Å². The van der Waals surface area contributed by atoms with Crippen molar-refractivity contribution in [2.75, 3.05) is 24.9 Å². The van der Waals surface area contributed by atoms with Crippen LogP contribution in [0.15, 0.2) is 4.63 Å². The Morgan fingerprint density at radius 2 is 2.10 bits per heavy atom. The van der Waals surface area contributed by atoms with E-state index in [1.807, 2.05) is 0 Å². The Morgan fingerprint density at radius 1 is 1.40 bits per heavy atom. The highest BCUT2D eigenvalue weighted by atomic mass is 17.0. The predicted octanol–water partition coefficient (Wildman–Crippen LogP) is -0.0995. The molecule has 114 valence electrons. The molecule has 1 atom stereocenters. The summed E-state index contributed by atoms with van der Waals surface area (Å²) >= 11 is 0. The summed E-state index contributed by atoms with van der Waals surface area (Å²) in [6.45, 7) is 5.89. The molecular formula is C11H19N3O6. The van der Waals surface area contributed by atoms with Gasteiger partial charge in [-0.1, -0.05) is 0 Å². The summed E-state index contributed by atoms with van der Waals surface area (Å²) in [5.41, 5.74) is -0.591. The molecule has 1 aliphatic rings. The van der Waals surface area contributed by atoms with Crippen LogP contribution in [-0.2, 0) is 14.3 Å². The summed E-state index contributed by atoms with van der Waals surface area (Å²) in [5.74, 6) is -1.60. The van der Waals surface area contributed by atoms with Crippen LogP contribution in [0.3, 0.4) is 0 Å². The van der Waals surface area contributed by atoms with Gasteiger partial charge in [-0.25, -0.2) is 0 Å². The molecular weight excluding hydrogens is 270 g/mol. The third-order valence-electron chi connectivity index (χ3n) is 2.98. The van der Waals surface area contributed by atoms with Gasteiger partial charge in [0.05, 0.1) is 17.9 Å². The van der Waals surface area contributed by atoms with E-state index in [1.54, 1.807) is 25.8 Å². The molecule has 0 aromatic carbocycles. The maximum absolute atomic E-state index is 11.5. The Kier molecular flexibility index (Phi) is 3.69. The van der Waals surface area contributed by atoms with Gasteiger partial charge in [0, 0.05) is 11.5 Å². The first kappa shape index (κ1) is 14.4. The fraction of sp³-hybridized carbons (Fsp3) is 0.818. The monoisotopic (exact) mass is 289 g/mol. The highest BCUT2D eigenvalue weighted by Gasteiger charge is 2.33. The normalized spacial score (nSPS) is 19.4. The van der Waals surface area contributed by atoms with Gasteiger partial charge in [0.15, 0.2) is 0 Å². The lowest BCUT2D eigenvalue weighted by Crippen LogP contribution is -2.32. The van der Waals surface area contributed by atoms with Gasteiger partial charge < -0.3 is 14.7 Å². The van der Waals surface area contributed by atoms with Gasteiger partial charge in [-0.15, -0.1) is 0 Å². The molecule has 1 fully saturated rings. The first-order chi connectivity index (χ1) is 9.29. The lowest BCUT2D eigenvalue weighted by atomic mass is 9.98.